The maximum absolute atomic E-state index is 11.8. The van der Waals surface area contributed by atoms with Crippen molar-refractivity contribution in [2.75, 3.05) is 25.6 Å². The molecular weight excluding hydrogens is 280 g/mol. The number of hydrogen-bond donors (Lipinski definition) is 0. The molecule has 1 aromatic rings. The van der Waals surface area contributed by atoms with E-state index >= 15 is 0 Å². The molecule has 0 bridgehead atoms. The minimum atomic E-state index is 0. The lowest BCUT2D eigenvalue weighted by Gasteiger charge is -2.35. The van der Waals surface area contributed by atoms with E-state index in [0.717, 1.165) is 43.0 Å². The first-order chi connectivity index (χ1) is 8.75. The van der Waals surface area contributed by atoms with Crippen molar-refractivity contribution in [1.29, 1.82) is 0 Å². The molecule has 3 nitrogen and oxygen atoms in total. The number of carbonyl (C=O) groups excluding carboxylic acids is 1. The quantitative estimate of drug-likeness (QED) is 0.712. The first-order valence-corrected chi connectivity index (χ1v) is 7.60. The minimum Gasteiger partial charge on any atom is -1.00 e. The van der Waals surface area contributed by atoms with Gasteiger partial charge >= 0.3 is 0 Å². The fourth-order valence-corrected chi connectivity index (χ4v) is 4.27. The Balaban J connectivity index is 0.00000133. The Bertz CT molecular complexity index is 482. The maximum Gasteiger partial charge on any atom is 0.226 e. The fraction of sp³-hybridized carbons (Fsp3) is 0.500. The Morgan fingerprint density at radius 2 is 2.16 bits per heavy atom. The molecule has 2 heterocycles. The third kappa shape index (κ3) is 2.49. The monoisotopic (exact) mass is 298 g/mol. The van der Waals surface area contributed by atoms with Crippen molar-refractivity contribution >= 4 is 23.4 Å². The summed E-state index contributed by atoms with van der Waals surface area (Å²) < 4.78 is 0.923. The summed E-state index contributed by atoms with van der Waals surface area (Å²) in [5.41, 5.74) is 1.39. The number of carbonyl (C=O) groups is 1. The third-order valence-electron chi connectivity index (χ3n) is 4.06. The molecule has 1 amide bonds. The molecule has 2 aliphatic rings. The van der Waals surface area contributed by atoms with Gasteiger partial charge in [0.1, 0.15) is 11.6 Å². The second kappa shape index (κ2) is 5.73. The van der Waals surface area contributed by atoms with Gasteiger partial charge in [0.15, 0.2) is 6.67 Å². The van der Waals surface area contributed by atoms with Crippen molar-refractivity contribution in [2.24, 2.45) is 0 Å². The van der Waals surface area contributed by atoms with Crippen LogP contribution < -0.4 is 16.9 Å². The number of hydrogen-bond acceptors (Lipinski definition) is 2. The molecular formula is C14H19ClN2OS. The van der Waals surface area contributed by atoms with Crippen LogP contribution in [0.4, 0.5) is 5.69 Å². The van der Waals surface area contributed by atoms with Crippen LogP contribution in [0.5, 0.6) is 0 Å². The molecule has 104 valence electrons. The fourth-order valence-electron chi connectivity index (χ4n) is 2.89. The number of nitrogens with zero attached hydrogens (tertiary/aromatic N) is 2. The lowest BCUT2D eigenvalue weighted by molar-refractivity contribution is -0.129. The van der Waals surface area contributed by atoms with E-state index in [1.165, 1.54) is 10.6 Å². The van der Waals surface area contributed by atoms with Gasteiger partial charge in [0, 0.05) is 19.0 Å². The third-order valence-corrected chi connectivity index (χ3v) is 5.34. The summed E-state index contributed by atoms with van der Waals surface area (Å²) in [6.07, 6.45) is 1.76. The Kier molecular flexibility index (Phi) is 4.43. The molecule has 1 unspecified atom stereocenters. The number of fused-ring (bicyclic) bond motifs is 1. The van der Waals surface area contributed by atoms with Crippen LogP contribution in [0.2, 0.25) is 0 Å². The van der Waals surface area contributed by atoms with Gasteiger partial charge in [0.25, 0.3) is 0 Å². The highest BCUT2D eigenvalue weighted by molar-refractivity contribution is 7.99. The van der Waals surface area contributed by atoms with Gasteiger partial charge < -0.3 is 12.4 Å². The van der Waals surface area contributed by atoms with E-state index < -0.39 is 0 Å². The number of quaternary nitrogens is 1. The van der Waals surface area contributed by atoms with Crippen LogP contribution in [-0.2, 0) is 4.79 Å². The van der Waals surface area contributed by atoms with Gasteiger partial charge in [-0.05, 0) is 19.4 Å². The van der Waals surface area contributed by atoms with Crippen molar-refractivity contribution in [3.8, 4) is 0 Å². The predicted molar refractivity (Wildman–Crippen MR) is 75.3 cm³/mol. The van der Waals surface area contributed by atoms with Crippen molar-refractivity contribution in [3.05, 3.63) is 24.3 Å². The van der Waals surface area contributed by atoms with Crippen LogP contribution in [0.15, 0.2) is 29.2 Å². The van der Waals surface area contributed by atoms with Gasteiger partial charge in [0.2, 0.25) is 5.91 Å². The van der Waals surface area contributed by atoms with E-state index in [4.69, 9.17) is 0 Å². The molecule has 3 rings (SSSR count). The van der Waals surface area contributed by atoms with E-state index in [9.17, 15) is 4.79 Å². The highest BCUT2D eigenvalue weighted by atomic mass is 35.5. The van der Waals surface area contributed by atoms with Gasteiger partial charge in [-0.2, -0.15) is 0 Å². The van der Waals surface area contributed by atoms with E-state index in [1.54, 1.807) is 0 Å². The summed E-state index contributed by atoms with van der Waals surface area (Å²) >= 11 is 1.92. The average molecular weight is 299 g/mol. The normalized spacial score (nSPS) is 25.3. The van der Waals surface area contributed by atoms with Crippen molar-refractivity contribution < 1.29 is 17.2 Å². The minimum absolute atomic E-state index is 0. The Labute approximate surface area is 125 Å². The first kappa shape index (κ1) is 14.7. The standard InChI is InChI=1S/C14H19N2OS.ClH/c1-2-16(10-15-9-5-8-14(15)17)11-18-13-7-4-3-6-12(13)16;/h3-4,6-7H,2,5,8-11H2,1H3;1H/q+1;/p-1. The second-order valence-electron chi connectivity index (χ2n) is 5.10. The molecule has 1 fully saturated rings. The molecule has 0 spiro atoms. The maximum atomic E-state index is 11.8. The molecule has 0 radical (unpaired) electrons. The molecule has 1 atom stereocenters. The lowest BCUT2D eigenvalue weighted by atomic mass is 10.2. The molecule has 1 aromatic carbocycles. The Hall–Kier alpha value is -0.710. The molecule has 0 aliphatic carbocycles. The summed E-state index contributed by atoms with van der Waals surface area (Å²) in [6, 6.07) is 8.63. The SMILES string of the molecule is CC[N+]1(CN2CCCC2=O)CSc2ccccc21.[Cl-]. The van der Waals surface area contributed by atoms with Gasteiger partial charge in [-0.15, -0.1) is 0 Å². The number of halogens is 1. The molecule has 0 saturated carbocycles. The predicted octanol–water partition coefficient (Wildman–Crippen LogP) is -0.339. The van der Waals surface area contributed by atoms with E-state index in [-0.39, 0.29) is 12.4 Å². The average Bonchev–Trinajstić information content (AvgIpc) is 2.96. The van der Waals surface area contributed by atoms with Crippen molar-refractivity contribution in [3.63, 3.8) is 0 Å². The van der Waals surface area contributed by atoms with Crippen LogP contribution in [0, 0.1) is 0 Å². The molecule has 0 aromatic heterocycles. The molecule has 1 saturated heterocycles. The second-order valence-corrected chi connectivity index (χ2v) is 6.09. The van der Waals surface area contributed by atoms with Crippen LogP contribution in [-0.4, -0.2) is 36.4 Å². The van der Waals surface area contributed by atoms with Gasteiger partial charge in [-0.25, -0.2) is 0 Å². The van der Waals surface area contributed by atoms with E-state index in [2.05, 4.69) is 31.2 Å². The topological polar surface area (TPSA) is 20.3 Å². The number of thioether (sulfide) groups is 1. The van der Waals surface area contributed by atoms with Crippen LogP contribution >= 0.6 is 11.8 Å². The lowest BCUT2D eigenvalue weighted by Crippen LogP contribution is -3.00. The molecule has 19 heavy (non-hydrogen) atoms. The number of benzene rings is 1. The zero-order chi connectivity index (χ0) is 12.6. The Morgan fingerprint density at radius 3 is 2.84 bits per heavy atom. The van der Waals surface area contributed by atoms with Crippen LogP contribution in [0.3, 0.4) is 0 Å². The number of likely N-dealkylation sites (tertiary alicyclic amines) is 1. The van der Waals surface area contributed by atoms with Gasteiger partial charge in [-0.3, -0.25) is 14.2 Å². The number of rotatable bonds is 3. The van der Waals surface area contributed by atoms with Gasteiger partial charge in [-0.1, -0.05) is 23.9 Å². The highest BCUT2D eigenvalue weighted by Gasteiger charge is 2.40. The summed E-state index contributed by atoms with van der Waals surface area (Å²) in [5.74, 6) is 1.38. The smallest absolute Gasteiger partial charge is 0.226 e. The summed E-state index contributed by atoms with van der Waals surface area (Å²) in [4.78, 5) is 15.3. The Morgan fingerprint density at radius 1 is 1.37 bits per heavy atom. The van der Waals surface area contributed by atoms with Crippen LogP contribution in [0.25, 0.3) is 0 Å². The van der Waals surface area contributed by atoms with Crippen LogP contribution in [0.1, 0.15) is 19.8 Å². The highest BCUT2D eigenvalue weighted by Crippen LogP contribution is 2.43. The number of amides is 1. The van der Waals surface area contributed by atoms with Crippen molar-refractivity contribution in [2.45, 2.75) is 24.7 Å². The van der Waals surface area contributed by atoms with Crippen molar-refractivity contribution in [1.82, 2.24) is 9.38 Å². The summed E-state index contributed by atoms with van der Waals surface area (Å²) in [5, 5.41) is 0. The summed E-state index contributed by atoms with van der Waals surface area (Å²) in [7, 11) is 0. The number of para-hydroxylation sites is 1. The molecule has 0 N–H and O–H groups in total. The molecule has 2 aliphatic heterocycles. The van der Waals surface area contributed by atoms with Gasteiger partial charge in [0.05, 0.1) is 11.4 Å². The summed E-state index contributed by atoms with van der Waals surface area (Å²) in [6.45, 7) is 5.06. The van der Waals surface area contributed by atoms with E-state index in [0.29, 0.717) is 5.91 Å². The first-order valence-electron chi connectivity index (χ1n) is 6.61. The largest absolute Gasteiger partial charge is 1.00 e. The zero-order valence-electron chi connectivity index (χ0n) is 11.1. The zero-order valence-corrected chi connectivity index (χ0v) is 12.7. The molecule has 5 heteroatoms. The van der Waals surface area contributed by atoms with E-state index in [1.807, 2.05) is 16.7 Å².